The van der Waals surface area contributed by atoms with Gasteiger partial charge in [0, 0.05) is 18.3 Å². The molecule has 0 fully saturated rings. The van der Waals surface area contributed by atoms with Crippen molar-refractivity contribution < 1.29 is 4.74 Å². The minimum absolute atomic E-state index is 0.827. The van der Waals surface area contributed by atoms with Gasteiger partial charge >= 0.3 is 0 Å². The average Bonchev–Trinajstić information content (AvgIpc) is 2.88. The fourth-order valence-electron chi connectivity index (χ4n) is 1.81. The first kappa shape index (κ1) is 12.6. The van der Waals surface area contributed by atoms with Crippen LogP contribution in [0.4, 0.5) is 0 Å². The molecule has 0 amide bonds. The highest BCUT2D eigenvalue weighted by molar-refractivity contribution is 5.46. The Morgan fingerprint density at radius 3 is 2.94 bits per heavy atom. The third kappa shape index (κ3) is 2.90. The highest BCUT2D eigenvalue weighted by atomic mass is 16.5. The summed E-state index contributed by atoms with van der Waals surface area (Å²) in [4.78, 5) is 0. The molecule has 2 aromatic rings. The van der Waals surface area contributed by atoms with Crippen molar-refractivity contribution >= 4 is 0 Å². The topological polar surface area (TPSA) is 39.1 Å². The SMILES string of the molecule is CCCNCc1cnn(-c2ccccc2OC)c1. The van der Waals surface area contributed by atoms with Crippen LogP contribution in [0.2, 0.25) is 0 Å². The van der Waals surface area contributed by atoms with E-state index in [4.69, 9.17) is 4.74 Å². The van der Waals surface area contributed by atoms with Gasteiger partial charge < -0.3 is 10.1 Å². The normalized spacial score (nSPS) is 10.6. The van der Waals surface area contributed by atoms with Crippen molar-refractivity contribution in [2.75, 3.05) is 13.7 Å². The van der Waals surface area contributed by atoms with Crippen molar-refractivity contribution in [2.24, 2.45) is 0 Å². The number of methoxy groups -OCH3 is 1. The Morgan fingerprint density at radius 1 is 1.33 bits per heavy atom. The zero-order valence-corrected chi connectivity index (χ0v) is 10.9. The molecule has 0 atom stereocenters. The summed E-state index contributed by atoms with van der Waals surface area (Å²) in [6.07, 6.45) is 5.05. The van der Waals surface area contributed by atoms with Gasteiger partial charge in [-0.15, -0.1) is 0 Å². The van der Waals surface area contributed by atoms with Gasteiger partial charge in [-0.05, 0) is 25.1 Å². The largest absolute Gasteiger partial charge is 0.494 e. The number of benzene rings is 1. The Bertz CT molecular complexity index is 493. The Labute approximate surface area is 108 Å². The minimum Gasteiger partial charge on any atom is -0.494 e. The Balaban J connectivity index is 2.13. The van der Waals surface area contributed by atoms with Gasteiger partial charge in [-0.1, -0.05) is 19.1 Å². The maximum Gasteiger partial charge on any atom is 0.144 e. The van der Waals surface area contributed by atoms with E-state index in [1.807, 2.05) is 41.3 Å². The van der Waals surface area contributed by atoms with Crippen LogP contribution in [-0.4, -0.2) is 23.4 Å². The predicted octanol–water partition coefficient (Wildman–Crippen LogP) is 2.38. The number of hydrogen-bond acceptors (Lipinski definition) is 3. The summed E-state index contributed by atoms with van der Waals surface area (Å²) in [5.74, 6) is 0.827. The first-order valence-corrected chi connectivity index (χ1v) is 6.22. The van der Waals surface area contributed by atoms with Crippen LogP contribution < -0.4 is 10.1 Å². The van der Waals surface area contributed by atoms with Gasteiger partial charge in [0.25, 0.3) is 0 Å². The summed E-state index contributed by atoms with van der Waals surface area (Å²) in [7, 11) is 1.67. The molecule has 0 saturated carbocycles. The van der Waals surface area contributed by atoms with Gasteiger partial charge in [-0.25, -0.2) is 4.68 Å². The summed E-state index contributed by atoms with van der Waals surface area (Å²) in [6.45, 7) is 4.04. The lowest BCUT2D eigenvalue weighted by Gasteiger charge is -2.07. The summed E-state index contributed by atoms with van der Waals surface area (Å²) >= 11 is 0. The zero-order valence-electron chi connectivity index (χ0n) is 10.9. The predicted molar refractivity (Wildman–Crippen MR) is 72.1 cm³/mol. The molecule has 18 heavy (non-hydrogen) atoms. The molecular weight excluding hydrogens is 226 g/mol. The maximum absolute atomic E-state index is 5.33. The van der Waals surface area contributed by atoms with Crippen LogP contribution in [0.15, 0.2) is 36.7 Å². The molecule has 1 N–H and O–H groups in total. The fraction of sp³-hybridized carbons (Fsp3) is 0.357. The van der Waals surface area contributed by atoms with E-state index in [1.54, 1.807) is 7.11 Å². The summed E-state index contributed by atoms with van der Waals surface area (Å²) in [5, 5.41) is 7.73. The van der Waals surface area contributed by atoms with E-state index in [1.165, 1.54) is 5.56 Å². The van der Waals surface area contributed by atoms with Gasteiger partial charge in [-0.3, -0.25) is 0 Å². The number of nitrogens with zero attached hydrogens (tertiary/aromatic N) is 2. The lowest BCUT2D eigenvalue weighted by atomic mass is 10.3. The van der Waals surface area contributed by atoms with Crippen molar-refractivity contribution in [3.8, 4) is 11.4 Å². The van der Waals surface area contributed by atoms with Crippen LogP contribution in [0.25, 0.3) is 5.69 Å². The summed E-state index contributed by atoms with van der Waals surface area (Å²) < 4.78 is 7.18. The van der Waals surface area contributed by atoms with Crippen molar-refractivity contribution in [3.63, 3.8) is 0 Å². The maximum atomic E-state index is 5.33. The molecule has 0 aliphatic carbocycles. The molecule has 0 spiro atoms. The van der Waals surface area contributed by atoms with E-state index >= 15 is 0 Å². The molecule has 0 bridgehead atoms. The zero-order chi connectivity index (χ0) is 12.8. The average molecular weight is 245 g/mol. The number of para-hydroxylation sites is 2. The van der Waals surface area contributed by atoms with E-state index in [-0.39, 0.29) is 0 Å². The van der Waals surface area contributed by atoms with E-state index in [2.05, 4.69) is 17.3 Å². The molecule has 1 aromatic heterocycles. The molecule has 4 heteroatoms. The molecule has 4 nitrogen and oxygen atoms in total. The minimum atomic E-state index is 0.827. The Kier molecular flexibility index (Phi) is 4.36. The van der Waals surface area contributed by atoms with E-state index in [0.717, 1.165) is 30.9 Å². The molecule has 0 unspecified atom stereocenters. The molecule has 0 aliphatic rings. The monoisotopic (exact) mass is 245 g/mol. The molecule has 1 heterocycles. The van der Waals surface area contributed by atoms with Crippen molar-refractivity contribution in [3.05, 3.63) is 42.2 Å². The third-order valence-corrected chi connectivity index (χ3v) is 2.72. The second-order valence-corrected chi connectivity index (χ2v) is 4.14. The van der Waals surface area contributed by atoms with E-state index in [9.17, 15) is 0 Å². The van der Waals surface area contributed by atoms with E-state index in [0.29, 0.717) is 0 Å². The smallest absolute Gasteiger partial charge is 0.144 e. The molecule has 0 saturated heterocycles. The lowest BCUT2D eigenvalue weighted by molar-refractivity contribution is 0.411. The molecule has 0 aliphatic heterocycles. The van der Waals surface area contributed by atoms with Crippen molar-refractivity contribution in [1.82, 2.24) is 15.1 Å². The summed E-state index contributed by atoms with van der Waals surface area (Å²) in [6, 6.07) is 7.87. The molecule has 0 radical (unpaired) electrons. The third-order valence-electron chi connectivity index (χ3n) is 2.72. The van der Waals surface area contributed by atoms with Crippen molar-refractivity contribution in [2.45, 2.75) is 19.9 Å². The number of rotatable bonds is 6. The highest BCUT2D eigenvalue weighted by Gasteiger charge is 2.05. The molecule has 2 rings (SSSR count). The van der Waals surface area contributed by atoms with Gasteiger partial charge in [0.05, 0.1) is 13.3 Å². The van der Waals surface area contributed by atoms with Crippen LogP contribution in [0, 0.1) is 0 Å². The number of hydrogen-bond donors (Lipinski definition) is 1. The fourth-order valence-corrected chi connectivity index (χ4v) is 1.81. The van der Waals surface area contributed by atoms with Crippen LogP contribution in [-0.2, 0) is 6.54 Å². The van der Waals surface area contributed by atoms with Crippen LogP contribution >= 0.6 is 0 Å². The molecular formula is C14H19N3O. The lowest BCUT2D eigenvalue weighted by Crippen LogP contribution is -2.13. The van der Waals surface area contributed by atoms with Crippen LogP contribution in [0.1, 0.15) is 18.9 Å². The second-order valence-electron chi connectivity index (χ2n) is 4.14. The second kappa shape index (κ2) is 6.21. The Hall–Kier alpha value is -1.81. The molecule has 96 valence electrons. The van der Waals surface area contributed by atoms with Crippen LogP contribution in [0.3, 0.4) is 0 Å². The van der Waals surface area contributed by atoms with Crippen LogP contribution in [0.5, 0.6) is 5.75 Å². The van der Waals surface area contributed by atoms with Gasteiger partial charge in [-0.2, -0.15) is 5.10 Å². The number of nitrogens with one attached hydrogen (secondary N) is 1. The van der Waals surface area contributed by atoms with Gasteiger partial charge in [0.1, 0.15) is 11.4 Å². The number of ether oxygens (including phenoxy) is 1. The first-order chi connectivity index (χ1) is 8.85. The van der Waals surface area contributed by atoms with E-state index < -0.39 is 0 Å². The standard InChI is InChI=1S/C14H19N3O/c1-3-8-15-9-12-10-16-17(11-12)13-6-4-5-7-14(13)18-2/h4-7,10-11,15H,3,8-9H2,1-2H3. The quantitative estimate of drug-likeness (QED) is 0.794. The Morgan fingerprint density at radius 2 is 2.17 bits per heavy atom. The molecule has 1 aromatic carbocycles. The highest BCUT2D eigenvalue weighted by Crippen LogP contribution is 2.21. The first-order valence-electron chi connectivity index (χ1n) is 6.22. The summed E-state index contributed by atoms with van der Waals surface area (Å²) in [5.41, 5.74) is 2.14. The number of aromatic nitrogens is 2. The van der Waals surface area contributed by atoms with Gasteiger partial charge in [0.2, 0.25) is 0 Å². The van der Waals surface area contributed by atoms with Crippen molar-refractivity contribution in [1.29, 1.82) is 0 Å². The van der Waals surface area contributed by atoms with Gasteiger partial charge in [0.15, 0.2) is 0 Å².